The van der Waals surface area contributed by atoms with E-state index in [-0.39, 0.29) is 29.4 Å². The van der Waals surface area contributed by atoms with E-state index < -0.39 is 0 Å². The normalized spacial score (nSPS) is 22.3. The number of fused-ring (bicyclic) bond motifs is 20. The predicted molar refractivity (Wildman–Crippen MR) is 154 cm³/mol. The van der Waals surface area contributed by atoms with Crippen LogP contribution in [0.4, 0.5) is 11.6 Å². The number of rotatable bonds is 0. The molecule has 0 fully saturated rings. The van der Waals surface area contributed by atoms with Gasteiger partial charge in [0, 0.05) is 33.7 Å². The van der Waals surface area contributed by atoms with Crippen LogP contribution in [0, 0.1) is 0 Å². The molecule has 2 unspecified atom stereocenters. The average Bonchev–Trinajstić information content (AvgIpc) is 3.73. The molecule has 4 aromatic carbocycles. The topological polar surface area (TPSA) is 102 Å². The van der Waals surface area contributed by atoms with E-state index in [1.54, 1.807) is 0 Å². The summed E-state index contributed by atoms with van der Waals surface area (Å²) in [5, 5.41) is 10.9. The number of nitrogens with zero attached hydrogens (tertiary/aromatic N) is 6. The second-order valence-electron chi connectivity index (χ2n) is 10.1. The number of nitrogens with one attached hydrogen (secondary N) is 2. The maximum Gasteiger partial charge on any atom is 2.00 e. The van der Waals surface area contributed by atoms with E-state index in [0.29, 0.717) is 22.6 Å². The number of benzene rings is 4. The van der Waals surface area contributed by atoms with E-state index in [9.17, 15) is 0 Å². The van der Waals surface area contributed by atoms with Gasteiger partial charge >= 0.3 is 17.1 Å². The Bertz CT molecular complexity index is 2050. The molecule has 0 spiro atoms. The largest absolute Gasteiger partial charge is 2.00 e. The van der Waals surface area contributed by atoms with Crippen LogP contribution in [-0.2, 0) is 17.1 Å². The third-order valence-electron chi connectivity index (χ3n) is 7.75. The van der Waals surface area contributed by atoms with Gasteiger partial charge in [0.2, 0.25) is 0 Å². The summed E-state index contributed by atoms with van der Waals surface area (Å²) in [5.74, 6) is 2.69. The van der Waals surface area contributed by atoms with Gasteiger partial charge < -0.3 is 40.6 Å². The van der Waals surface area contributed by atoms with E-state index in [4.69, 9.17) is 29.9 Å². The van der Waals surface area contributed by atoms with Crippen molar-refractivity contribution in [2.24, 2.45) is 20.0 Å². The third-order valence-corrected chi connectivity index (χ3v) is 7.75. The Hall–Kier alpha value is -4.98. The van der Waals surface area contributed by atoms with Crippen molar-refractivity contribution in [3.8, 4) is 0 Å². The summed E-state index contributed by atoms with van der Waals surface area (Å²) in [7, 11) is 0. The van der Waals surface area contributed by atoms with Crippen molar-refractivity contribution in [2.75, 3.05) is 0 Å². The molecule has 5 heterocycles. The van der Waals surface area contributed by atoms with E-state index >= 15 is 0 Å². The summed E-state index contributed by atoms with van der Waals surface area (Å²) in [5.41, 5.74) is 5.37. The van der Waals surface area contributed by atoms with Gasteiger partial charge in [-0.25, -0.2) is 0 Å². The minimum Gasteiger partial charge on any atom is -0.369 e. The van der Waals surface area contributed by atoms with E-state index in [2.05, 4.69) is 34.9 Å². The van der Waals surface area contributed by atoms with Crippen LogP contribution in [0.2, 0.25) is 0 Å². The van der Waals surface area contributed by atoms with E-state index in [1.807, 2.05) is 72.8 Å². The van der Waals surface area contributed by atoms with Crippen molar-refractivity contribution in [3.63, 3.8) is 0 Å². The second kappa shape index (κ2) is 9.02. The van der Waals surface area contributed by atoms with Gasteiger partial charge in [0.1, 0.15) is 0 Å². The molecule has 3 aliphatic heterocycles. The van der Waals surface area contributed by atoms with Crippen molar-refractivity contribution in [1.29, 1.82) is 0 Å². The fraction of sp³-hybridized carbons (Fsp3) is 0.0625. The minimum atomic E-state index is -0.343. The molecule has 6 aromatic rings. The Morgan fingerprint density at radius 3 is 1.39 bits per heavy atom. The van der Waals surface area contributed by atoms with Crippen molar-refractivity contribution >= 4 is 44.9 Å². The number of amidine groups is 2. The first kappa shape index (κ1) is 23.9. The molecule has 2 atom stereocenters. The maximum absolute atomic E-state index is 5.11. The molecular formula is C32H20CuN8. The summed E-state index contributed by atoms with van der Waals surface area (Å²) in [6, 6.07) is 32.6. The number of hydrogen-bond donors (Lipinski definition) is 2. The number of aromatic nitrogens is 2. The summed E-state index contributed by atoms with van der Waals surface area (Å²) in [4.78, 5) is 30.2. The van der Waals surface area contributed by atoms with Gasteiger partial charge in [-0.1, -0.05) is 97.1 Å². The first-order chi connectivity index (χ1) is 19.8. The average molecular weight is 580 g/mol. The zero-order chi connectivity index (χ0) is 26.2. The molecular weight excluding hydrogens is 560 g/mol. The van der Waals surface area contributed by atoms with Crippen molar-refractivity contribution in [3.05, 3.63) is 130 Å². The second-order valence-corrected chi connectivity index (χ2v) is 10.1. The molecule has 8 nitrogen and oxygen atoms in total. The Kier molecular flexibility index (Phi) is 5.25. The summed E-state index contributed by atoms with van der Waals surface area (Å²) >= 11 is 0. The predicted octanol–water partition coefficient (Wildman–Crippen LogP) is 4.22. The van der Waals surface area contributed by atoms with Crippen LogP contribution in [0.25, 0.3) is 21.5 Å². The molecule has 9 heteroatoms. The molecule has 3 aliphatic rings. The molecule has 8 bridgehead atoms. The maximum atomic E-state index is 5.11. The Balaban J connectivity index is 0.00000256. The van der Waals surface area contributed by atoms with Crippen LogP contribution in [0.3, 0.4) is 0 Å². The van der Waals surface area contributed by atoms with Gasteiger partial charge in [0.05, 0.1) is 24.0 Å². The van der Waals surface area contributed by atoms with Crippen LogP contribution >= 0.6 is 0 Å². The molecule has 9 rings (SSSR count). The monoisotopic (exact) mass is 579 g/mol. The van der Waals surface area contributed by atoms with Gasteiger partial charge in [0.15, 0.2) is 0 Å². The molecule has 0 aliphatic carbocycles. The first-order valence-electron chi connectivity index (χ1n) is 13.2. The molecule has 41 heavy (non-hydrogen) atoms. The van der Waals surface area contributed by atoms with Gasteiger partial charge in [-0.15, -0.1) is 0 Å². The molecule has 2 N–H and O–H groups in total. The zero-order valence-corrected chi connectivity index (χ0v) is 22.3. The van der Waals surface area contributed by atoms with Gasteiger partial charge in [-0.05, 0) is 32.7 Å². The molecule has 199 valence electrons. The number of aliphatic imine (C=N–C) groups is 2. The Morgan fingerprint density at radius 1 is 0.488 bits per heavy atom. The summed E-state index contributed by atoms with van der Waals surface area (Å²) < 4.78 is 0. The quantitative estimate of drug-likeness (QED) is 0.263. The zero-order valence-electron chi connectivity index (χ0n) is 21.4. The molecule has 1 radical (unpaired) electrons. The minimum absolute atomic E-state index is 0. The van der Waals surface area contributed by atoms with Crippen molar-refractivity contribution < 1.29 is 17.1 Å². The van der Waals surface area contributed by atoms with E-state index in [0.717, 1.165) is 55.5 Å². The smallest absolute Gasteiger partial charge is 0.369 e. The van der Waals surface area contributed by atoms with Crippen molar-refractivity contribution in [1.82, 2.24) is 20.6 Å². The summed E-state index contributed by atoms with van der Waals surface area (Å²) in [6.07, 6.45) is -0.686. The fourth-order valence-corrected chi connectivity index (χ4v) is 5.87. The van der Waals surface area contributed by atoms with Crippen molar-refractivity contribution in [2.45, 2.75) is 12.3 Å². The van der Waals surface area contributed by atoms with E-state index in [1.165, 1.54) is 0 Å². The Morgan fingerprint density at radius 2 is 0.902 bits per heavy atom. The third kappa shape index (κ3) is 3.60. The van der Waals surface area contributed by atoms with Gasteiger partial charge in [-0.3, -0.25) is 0 Å². The van der Waals surface area contributed by atoms with Gasteiger partial charge in [0.25, 0.3) is 0 Å². The summed E-state index contributed by atoms with van der Waals surface area (Å²) in [6.45, 7) is 0. The van der Waals surface area contributed by atoms with Crippen LogP contribution in [0.15, 0.2) is 117 Å². The van der Waals surface area contributed by atoms with Crippen LogP contribution in [0.5, 0.6) is 0 Å². The van der Waals surface area contributed by atoms with Gasteiger partial charge in [-0.2, -0.15) is 0 Å². The fourth-order valence-electron chi connectivity index (χ4n) is 5.87. The first-order valence-corrected chi connectivity index (χ1v) is 13.2. The standard InChI is InChI=1S/C32H20N8.Cu/c1-2-10-18-17(9-1)25-33-26(18)38-28-21-13-5-6-14-22(21)30(35-28)40-32-24-16-8-7-15-23(24)31(36-32)39-29-20-12-4-3-11-19(20)27(34-29)37-25;/h1-16,25,31H,(H2-,33,34,36,37,38,39,40);/q-2;+2. The SMILES string of the molecule is [Cu+2].c1ccc2c(c1)/C1=N/c3[n-]c(c4ccccc34)/N=C3\NC(/N=c4\[n-]/c(c5ccccc45)=N\C2N1)c1ccccc13. The number of hydrogen-bond acceptors (Lipinski definition) is 6. The molecule has 0 saturated carbocycles. The van der Waals surface area contributed by atoms with Crippen LogP contribution in [0.1, 0.15) is 34.6 Å². The molecule has 0 saturated heterocycles. The van der Waals surface area contributed by atoms with Crippen LogP contribution < -0.4 is 31.6 Å². The van der Waals surface area contributed by atoms with Crippen LogP contribution in [-0.4, -0.2) is 11.7 Å². The molecule has 0 amide bonds. The Labute approximate surface area is 244 Å². The molecule has 2 aromatic heterocycles.